The number of fused-ring (bicyclic) bond motifs is 1. The Bertz CT molecular complexity index is 1450. The van der Waals surface area contributed by atoms with Gasteiger partial charge in [-0.05, 0) is 30.3 Å². The molecule has 178 valence electrons. The molecule has 0 spiro atoms. The van der Waals surface area contributed by atoms with Crippen LogP contribution in [0.5, 0.6) is 11.5 Å². The van der Waals surface area contributed by atoms with Crippen LogP contribution in [0, 0.1) is 0 Å². The number of aromatic amines is 1. The Kier molecular flexibility index (Phi) is 5.64. The molecule has 3 aromatic carbocycles. The average molecular weight is 481 g/mol. The molecule has 1 aliphatic rings. The maximum absolute atomic E-state index is 12.9. The Balaban J connectivity index is 1.32. The van der Waals surface area contributed by atoms with E-state index in [1.165, 1.54) is 12.1 Å². The van der Waals surface area contributed by atoms with Gasteiger partial charge in [0, 0.05) is 35.7 Å². The molecule has 1 fully saturated rings. The topological polar surface area (TPSA) is 84.5 Å². The number of hydrogen-bond donors (Lipinski definition) is 1. The maximum Gasteiger partial charge on any atom is 0.573 e. The fourth-order valence-corrected chi connectivity index (χ4v) is 4.06. The lowest BCUT2D eigenvalue weighted by Crippen LogP contribution is -2.32. The van der Waals surface area contributed by atoms with Crippen LogP contribution in [0.25, 0.3) is 22.0 Å². The number of amides is 1. The summed E-state index contributed by atoms with van der Waals surface area (Å²) < 4.78 is 47.0. The van der Waals surface area contributed by atoms with Crippen molar-refractivity contribution in [2.24, 2.45) is 0 Å². The highest BCUT2D eigenvalue weighted by Gasteiger charge is 2.35. The van der Waals surface area contributed by atoms with Gasteiger partial charge in [0.1, 0.15) is 11.5 Å². The van der Waals surface area contributed by atoms with Crippen molar-refractivity contribution in [3.8, 4) is 22.8 Å². The minimum Gasteiger partial charge on any atom is -0.480 e. The van der Waals surface area contributed by atoms with E-state index in [0.717, 1.165) is 17.7 Å². The summed E-state index contributed by atoms with van der Waals surface area (Å²) in [6, 6.07) is 19.4. The second-order valence-electron chi connectivity index (χ2n) is 7.90. The Morgan fingerprint density at radius 3 is 2.37 bits per heavy atom. The quantitative estimate of drug-likeness (QED) is 0.448. The number of H-pyrrole nitrogens is 1. The van der Waals surface area contributed by atoms with Gasteiger partial charge in [-0.3, -0.25) is 9.59 Å². The molecule has 35 heavy (non-hydrogen) atoms. The first-order valence-electron chi connectivity index (χ1n) is 10.7. The van der Waals surface area contributed by atoms with Crippen LogP contribution in [0.15, 0.2) is 77.6 Å². The SMILES string of the molecule is O=C1C(Oc2cccc(OC(F)(F)F)c2)CCN1c1ccc(-c2n[nH]c(=O)c3ccccc23)cc1. The zero-order valence-corrected chi connectivity index (χ0v) is 18.1. The van der Waals surface area contributed by atoms with Gasteiger partial charge in [-0.1, -0.05) is 36.4 Å². The van der Waals surface area contributed by atoms with Gasteiger partial charge < -0.3 is 14.4 Å². The van der Waals surface area contributed by atoms with Gasteiger partial charge in [-0.25, -0.2) is 5.10 Å². The van der Waals surface area contributed by atoms with Crippen molar-refractivity contribution in [1.29, 1.82) is 0 Å². The lowest BCUT2D eigenvalue weighted by Gasteiger charge is -2.18. The summed E-state index contributed by atoms with van der Waals surface area (Å²) in [5.74, 6) is -0.609. The summed E-state index contributed by atoms with van der Waals surface area (Å²) in [5, 5.41) is 7.94. The number of aromatic nitrogens is 2. The highest BCUT2D eigenvalue weighted by atomic mass is 19.4. The van der Waals surface area contributed by atoms with E-state index in [9.17, 15) is 22.8 Å². The summed E-state index contributed by atoms with van der Waals surface area (Å²) in [5.41, 5.74) is 1.75. The van der Waals surface area contributed by atoms with Gasteiger partial charge >= 0.3 is 6.36 Å². The Morgan fingerprint density at radius 1 is 0.914 bits per heavy atom. The molecule has 0 aliphatic carbocycles. The van der Waals surface area contributed by atoms with Crippen molar-refractivity contribution in [2.45, 2.75) is 18.9 Å². The third kappa shape index (κ3) is 4.68. The Hall–Kier alpha value is -4.34. The monoisotopic (exact) mass is 481 g/mol. The lowest BCUT2D eigenvalue weighted by molar-refractivity contribution is -0.274. The van der Waals surface area contributed by atoms with E-state index in [-0.39, 0.29) is 17.2 Å². The molecule has 5 rings (SSSR count). The second-order valence-corrected chi connectivity index (χ2v) is 7.90. The van der Waals surface area contributed by atoms with Gasteiger partial charge in [-0.15, -0.1) is 13.2 Å². The standard InChI is InChI=1S/C25H18F3N3O4/c26-25(27,28)35-18-5-3-4-17(14-18)34-21-12-13-31(24(21)33)16-10-8-15(9-11-16)22-19-6-1-2-7-20(19)23(32)30-29-22/h1-11,14,21H,12-13H2,(H,30,32). The molecule has 1 aliphatic heterocycles. The van der Waals surface area contributed by atoms with Crippen LogP contribution in [-0.2, 0) is 4.79 Å². The number of ether oxygens (including phenoxy) is 2. The van der Waals surface area contributed by atoms with E-state index in [1.807, 2.05) is 24.3 Å². The number of carbonyl (C=O) groups excluding carboxylic acids is 1. The van der Waals surface area contributed by atoms with Gasteiger partial charge in [0.2, 0.25) is 0 Å². The van der Waals surface area contributed by atoms with E-state index >= 15 is 0 Å². The third-order valence-corrected chi connectivity index (χ3v) is 5.62. The number of anilines is 1. The van der Waals surface area contributed by atoms with Gasteiger partial charge in [0.25, 0.3) is 11.5 Å². The molecule has 0 saturated carbocycles. The number of nitrogens with zero attached hydrogens (tertiary/aromatic N) is 2. The first-order valence-corrected chi connectivity index (χ1v) is 10.7. The van der Waals surface area contributed by atoms with Crippen molar-refractivity contribution in [2.75, 3.05) is 11.4 Å². The fraction of sp³-hybridized carbons (Fsp3) is 0.160. The lowest BCUT2D eigenvalue weighted by atomic mass is 10.0. The predicted octanol–water partition coefficient (Wildman–Crippen LogP) is 4.67. The number of benzene rings is 3. The van der Waals surface area contributed by atoms with Crippen LogP contribution in [0.2, 0.25) is 0 Å². The van der Waals surface area contributed by atoms with Gasteiger partial charge in [-0.2, -0.15) is 5.10 Å². The van der Waals surface area contributed by atoms with Crippen molar-refractivity contribution >= 4 is 22.4 Å². The summed E-state index contributed by atoms with van der Waals surface area (Å²) in [6.07, 6.45) is -5.28. The molecule has 1 amide bonds. The minimum absolute atomic E-state index is 0.110. The number of carbonyl (C=O) groups is 1. The van der Waals surface area contributed by atoms with E-state index in [0.29, 0.717) is 35.1 Å². The zero-order chi connectivity index (χ0) is 24.6. The third-order valence-electron chi connectivity index (χ3n) is 5.62. The van der Waals surface area contributed by atoms with Crippen LogP contribution in [0.4, 0.5) is 18.9 Å². The summed E-state index contributed by atoms with van der Waals surface area (Å²) in [4.78, 5) is 26.5. The predicted molar refractivity (Wildman–Crippen MR) is 122 cm³/mol. The average Bonchev–Trinajstić information content (AvgIpc) is 3.19. The molecule has 0 radical (unpaired) electrons. The normalized spacial score (nSPS) is 16.0. The number of alkyl halides is 3. The number of nitrogens with one attached hydrogen (secondary N) is 1. The molecule has 0 bridgehead atoms. The molecule has 1 atom stereocenters. The molecule has 1 saturated heterocycles. The molecular formula is C25H18F3N3O4. The molecule has 10 heteroatoms. The second kappa shape index (κ2) is 8.79. The van der Waals surface area contributed by atoms with Crippen molar-refractivity contribution in [1.82, 2.24) is 10.2 Å². The summed E-state index contributed by atoms with van der Waals surface area (Å²) in [6.45, 7) is 0.390. The fourth-order valence-electron chi connectivity index (χ4n) is 4.06. The first kappa shape index (κ1) is 22.5. The van der Waals surface area contributed by atoms with E-state index in [2.05, 4.69) is 14.9 Å². The Labute approximate surface area is 196 Å². The molecule has 1 N–H and O–H groups in total. The largest absolute Gasteiger partial charge is 0.573 e. The van der Waals surface area contributed by atoms with Crippen LogP contribution in [0.3, 0.4) is 0 Å². The van der Waals surface area contributed by atoms with Crippen molar-refractivity contribution < 1.29 is 27.4 Å². The first-order chi connectivity index (χ1) is 16.8. The molecular weight excluding hydrogens is 463 g/mol. The number of hydrogen-bond acceptors (Lipinski definition) is 5. The smallest absolute Gasteiger partial charge is 0.480 e. The number of rotatable bonds is 5. The van der Waals surface area contributed by atoms with Crippen LogP contribution in [0.1, 0.15) is 6.42 Å². The molecule has 1 unspecified atom stereocenters. The number of halogens is 3. The minimum atomic E-state index is -4.82. The van der Waals surface area contributed by atoms with Crippen molar-refractivity contribution in [3.05, 3.63) is 83.2 Å². The van der Waals surface area contributed by atoms with Crippen LogP contribution >= 0.6 is 0 Å². The summed E-state index contributed by atoms with van der Waals surface area (Å²) >= 11 is 0. The molecule has 1 aromatic heterocycles. The Morgan fingerprint density at radius 2 is 1.63 bits per heavy atom. The highest BCUT2D eigenvalue weighted by Crippen LogP contribution is 2.31. The van der Waals surface area contributed by atoms with Crippen LogP contribution < -0.4 is 19.9 Å². The summed E-state index contributed by atoms with van der Waals surface area (Å²) in [7, 11) is 0. The van der Waals surface area contributed by atoms with E-state index < -0.39 is 18.2 Å². The van der Waals surface area contributed by atoms with Gasteiger partial charge in [0.15, 0.2) is 6.10 Å². The molecule has 4 aromatic rings. The zero-order valence-electron chi connectivity index (χ0n) is 18.1. The van der Waals surface area contributed by atoms with Gasteiger partial charge in [0.05, 0.1) is 11.1 Å². The highest BCUT2D eigenvalue weighted by molar-refractivity contribution is 5.99. The maximum atomic E-state index is 12.9. The van der Waals surface area contributed by atoms with Crippen molar-refractivity contribution in [3.63, 3.8) is 0 Å². The molecule has 2 heterocycles. The van der Waals surface area contributed by atoms with E-state index in [1.54, 1.807) is 29.2 Å². The van der Waals surface area contributed by atoms with Crippen LogP contribution in [-0.4, -0.2) is 35.1 Å². The van der Waals surface area contributed by atoms with E-state index in [4.69, 9.17) is 4.74 Å². The molecule has 7 nitrogen and oxygen atoms in total.